The molecule has 0 atom stereocenters. The molecule has 0 radical (unpaired) electrons. The molecule has 1 aliphatic carbocycles. The van der Waals surface area contributed by atoms with Gasteiger partial charge in [0.15, 0.2) is 0 Å². The Balaban J connectivity index is 2.05. The number of rotatable bonds is 8. The molecule has 0 aromatic carbocycles. The molecule has 1 fully saturated rings. The number of aromatic nitrogens is 1. The first-order valence-electron chi connectivity index (χ1n) is 7.52. The van der Waals surface area contributed by atoms with Crippen LogP contribution in [0.4, 0.5) is 5.69 Å². The molecule has 0 bridgehead atoms. The van der Waals surface area contributed by atoms with Crippen LogP contribution in [0.1, 0.15) is 32.3 Å². The summed E-state index contributed by atoms with van der Waals surface area (Å²) in [7, 11) is 0. The predicted molar refractivity (Wildman–Crippen MR) is 84.6 cm³/mol. The van der Waals surface area contributed by atoms with Crippen LogP contribution in [0, 0.1) is 24.2 Å². The fraction of sp³-hybridized carbons (Fsp3) is 0.588. The zero-order chi connectivity index (χ0) is 14.4. The Bertz CT molecular complexity index is 458. The molecular weight excluding hydrogens is 246 g/mol. The largest absolute Gasteiger partial charge is 0.360 e. The van der Waals surface area contributed by atoms with E-state index in [0.29, 0.717) is 12.5 Å². The van der Waals surface area contributed by atoms with Gasteiger partial charge in [0.2, 0.25) is 0 Å². The fourth-order valence-electron chi connectivity index (χ4n) is 2.33. The van der Waals surface area contributed by atoms with Crippen molar-refractivity contribution in [3.05, 3.63) is 24.0 Å². The molecule has 1 heterocycles. The number of nitrogens with zero attached hydrogens (tertiary/aromatic N) is 2. The van der Waals surface area contributed by atoms with Crippen LogP contribution in [0.25, 0.3) is 0 Å². The lowest BCUT2D eigenvalue weighted by Crippen LogP contribution is -2.28. The average molecular weight is 271 g/mol. The Kier molecular flexibility index (Phi) is 5.43. The molecule has 108 valence electrons. The Morgan fingerprint density at radius 1 is 1.50 bits per heavy atom. The van der Waals surface area contributed by atoms with Crippen molar-refractivity contribution in [1.82, 2.24) is 10.3 Å². The van der Waals surface area contributed by atoms with Crippen molar-refractivity contribution in [2.75, 3.05) is 24.5 Å². The highest BCUT2D eigenvalue weighted by Gasteiger charge is 2.25. The number of pyridine rings is 1. The smallest absolute Gasteiger partial charge is 0.0791 e. The van der Waals surface area contributed by atoms with E-state index in [1.165, 1.54) is 24.1 Å². The van der Waals surface area contributed by atoms with Gasteiger partial charge in [0.05, 0.1) is 6.54 Å². The van der Waals surface area contributed by atoms with Crippen molar-refractivity contribution in [2.45, 2.75) is 33.2 Å². The van der Waals surface area contributed by atoms with Gasteiger partial charge in [-0.25, -0.2) is 0 Å². The topological polar surface area (TPSA) is 28.2 Å². The minimum atomic E-state index is 0.656. The van der Waals surface area contributed by atoms with Crippen molar-refractivity contribution >= 4 is 5.69 Å². The lowest BCUT2D eigenvalue weighted by molar-refractivity contribution is 0.551. The Labute approximate surface area is 122 Å². The molecule has 3 nitrogen and oxygen atoms in total. The minimum absolute atomic E-state index is 0.656. The summed E-state index contributed by atoms with van der Waals surface area (Å²) in [4.78, 5) is 6.59. The van der Waals surface area contributed by atoms with E-state index in [4.69, 9.17) is 6.42 Å². The maximum Gasteiger partial charge on any atom is 0.0791 e. The maximum atomic E-state index is 5.53. The first-order valence-corrected chi connectivity index (χ1v) is 7.52. The van der Waals surface area contributed by atoms with Crippen molar-refractivity contribution in [2.24, 2.45) is 11.8 Å². The van der Waals surface area contributed by atoms with Gasteiger partial charge in [-0.2, -0.15) is 0 Å². The SMILES string of the molecule is C#CCN(CC1CC1)c1ccncc1CNCC(C)C. The van der Waals surface area contributed by atoms with Gasteiger partial charge in [-0.3, -0.25) is 4.98 Å². The highest BCUT2D eigenvalue weighted by atomic mass is 15.1. The van der Waals surface area contributed by atoms with Gasteiger partial charge in [0.25, 0.3) is 0 Å². The van der Waals surface area contributed by atoms with Crippen molar-refractivity contribution < 1.29 is 0 Å². The van der Waals surface area contributed by atoms with E-state index < -0.39 is 0 Å². The number of anilines is 1. The lowest BCUT2D eigenvalue weighted by atomic mass is 10.1. The van der Waals surface area contributed by atoms with Gasteiger partial charge < -0.3 is 10.2 Å². The third-order valence-electron chi connectivity index (χ3n) is 3.54. The highest BCUT2D eigenvalue weighted by molar-refractivity contribution is 5.53. The second-order valence-corrected chi connectivity index (χ2v) is 6.06. The van der Waals surface area contributed by atoms with E-state index in [-0.39, 0.29) is 0 Å². The van der Waals surface area contributed by atoms with Crippen molar-refractivity contribution in [3.63, 3.8) is 0 Å². The van der Waals surface area contributed by atoms with E-state index in [1.807, 2.05) is 12.4 Å². The van der Waals surface area contributed by atoms with Gasteiger partial charge in [-0.1, -0.05) is 19.8 Å². The standard InChI is InChI=1S/C17H25N3/c1-4-9-20(13-15-5-6-15)17-7-8-18-11-16(17)12-19-10-14(2)3/h1,7-8,11,14-15,19H,5-6,9-10,12-13H2,2-3H3. The van der Waals surface area contributed by atoms with Gasteiger partial charge in [0.1, 0.15) is 0 Å². The third kappa shape index (κ3) is 4.54. The maximum absolute atomic E-state index is 5.53. The third-order valence-corrected chi connectivity index (χ3v) is 3.54. The minimum Gasteiger partial charge on any atom is -0.360 e. The molecule has 0 amide bonds. The normalized spacial score (nSPS) is 14.3. The predicted octanol–water partition coefficient (Wildman–Crippen LogP) is 2.68. The summed E-state index contributed by atoms with van der Waals surface area (Å²) >= 11 is 0. The quantitative estimate of drug-likeness (QED) is 0.737. The van der Waals surface area contributed by atoms with Crippen LogP contribution in [0.3, 0.4) is 0 Å². The van der Waals surface area contributed by atoms with E-state index in [1.54, 1.807) is 0 Å². The van der Waals surface area contributed by atoms with E-state index in [0.717, 1.165) is 25.6 Å². The molecule has 20 heavy (non-hydrogen) atoms. The van der Waals surface area contributed by atoms with Crippen LogP contribution in [0.15, 0.2) is 18.5 Å². The molecule has 0 spiro atoms. The van der Waals surface area contributed by atoms with Crippen LogP contribution < -0.4 is 10.2 Å². The fourth-order valence-corrected chi connectivity index (χ4v) is 2.33. The summed E-state index contributed by atoms with van der Waals surface area (Å²) in [6.45, 7) is 8.06. The summed E-state index contributed by atoms with van der Waals surface area (Å²) in [5.74, 6) is 4.27. The van der Waals surface area contributed by atoms with Crippen LogP contribution in [-0.4, -0.2) is 24.6 Å². The molecule has 0 saturated heterocycles. The molecule has 1 N–H and O–H groups in total. The van der Waals surface area contributed by atoms with Crippen LogP contribution in [-0.2, 0) is 6.54 Å². The molecule has 1 aromatic heterocycles. The van der Waals surface area contributed by atoms with Crippen molar-refractivity contribution in [3.8, 4) is 12.3 Å². The Hall–Kier alpha value is -1.53. The summed E-state index contributed by atoms with van der Waals surface area (Å²) in [6.07, 6.45) is 12.0. The first-order chi connectivity index (χ1) is 9.70. The molecule has 1 saturated carbocycles. The van der Waals surface area contributed by atoms with Gasteiger partial charge in [0, 0.05) is 36.7 Å². The molecular formula is C17H25N3. The zero-order valence-electron chi connectivity index (χ0n) is 12.6. The van der Waals surface area contributed by atoms with E-state index in [9.17, 15) is 0 Å². The average Bonchev–Trinajstić information content (AvgIpc) is 3.22. The lowest BCUT2D eigenvalue weighted by Gasteiger charge is -2.25. The summed E-state index contributed by atoms with van der Waals surface area (Å²) in [6, 6.07) is 2.09. The molecule has 0 aliphatic heterocycles. The first kappa shape index (κ1) is 14.9. The summed E-state index contributed by atoms with van der Waals surface area (Å²) < 4.78 is 0. The van der Waals surface area contributed by atoms with E-state index >= 15 is 0 Å². The summed E-state index contributed by atoms with van der Waals surface area (Å²) in [5.41, 5.74) is 2.48. The highest BCUT2D eigenvalue weighted by Crippen LogP contribution is 2.32. The zero-order valence-corrected chi connectivity index (χ0v) is 12.6. The van der Waals surface area contributed by atoms with Gasteiger partial charge in [-0.15, -0.1) is 6.42 Å². The Morgan fingerprint density at radius 2 is 2.30 bits per heavy atom. The monoisotopic (exact) mass is 271 g/mol. The van der Waals surface area contributed by atoms with Gasteiger partial charge in [-0.05, 0) is 37.3 Å². The molecule has 1 aromatic rings. The van der Waals surface area contributed by atoms with Gasteiger partial charge >= 0.3 is 0 Å². The Morgan fingerprint density at radius 3 is 2.95 bits per heavy atom. The van der Waals surface area contributed by atoms with E-state index in [2.05, 4.69) is 41.0 Å². The molecule has 2 rings (SSSR count). The number of hydrogen-bond donors (Lipinski definition) is 1. The second kappa shape index (κ2) is 7.31. The number of hydrogen-bond acceptors (Lipinski definition) is 3. The summed E-state index contributed by atoms with van der Waals surface area (Å²) in [5, 5.41) is 3.49. The second-order valence-electron chi connectivity index (χ2n) is 6.06. The van der Waals surface area contributed by atoms with Crippen molar-refractivity contribution in [1.29, 1.82) is 0 Å². The molecule has 3 heteroatoms. The number of nitrogens with one attached hydrogen (secondary N) is 1. The van der Waals surface area contributed by atoms with Crippen LogP contribution in [0.5, 0.6) is 0 Å². The van der Waals surface area contributed by atoms with Crippen LogP contribution >= 0.6 is 0 Å². The molecule has 1 aliphatic rings. The molecule has 0 unspecified atom stereocenters. The van der Waals surface area contributed by atoms with Crippen LogP contribution in [0.2, 0.25) is 0 Å². The number of terminal acetylenes is 1.